The lowest BCUT2D eigenvalue weighted by Crippen LogP contribution is -1.98. The summed E-state index contributed by atoms with van der Waals surface area (Å²) in [6.45, 7) is 4.37. The fourth-order valence-corrected chi connectivity index (χ4v) is 1.66. The van der Waals surface area contributed by atoms with Gasteiger partial charge in [0.15, 0.2) is 11.1 Å². The molecule has 3 heteroatoms. The van der Waals surface area contributed by atoms with Crippen LogP contribution >= 0.6 is 0 Å². The highest BCUT2D eigenvalue weighted by atomic mass is 32.2. The van der Waals surface area contributed by atoms with E-state index in [4.69, 9.17) is 4.55 Å². The molecule has 0 aliphatic carbocycles. The quantitative estimate of drug-likeness (QED) is 0.779. The van der Waals surface area contributed by atoms with E-state index >= 15 is 0 Å². The van der Waals surface area contributed by atoms with Crippen LogP contribution < -0.4 is 0 Å². The SMILES string of the molecule is CCC(C)Cc1ccc(S(=O)O)cc1. The molecule has 2 unspecified atom stereocenters. The second kappa shape index (κ2) is 5.27. The Bertz CT molecular complexity index is 306. The van der Waals surface area contributed by atoms with Gasteiger partial charge in [-0.05, 0) is 30.0 Å². The largest absolute Gasteiger partial charge is 0.302 e. The Labute approximate surface area is 87.6 Å². The number of hydrogen-bond acceptors (Lipinski definition) is 1. The fourth-order valence-electron chi connectivity index (χ4n) is 1.29. The summed E-state index contributed by atoms with van der Waals surface area (Å²) in [5.74, 6) is 0.667. The number of hydrogen-bond donors (Lipinski definition) is 1. The highest BCUT2D eigenvalue weighted by Crippen LogP contribution is 2.13. The Morgan fingerprint density at radius 2 is 1.93 bits per heavy atom. The first-order chi connectivity index (χ1) is 6.63. The molecular weight excluding hydrogens is 196 g/mol. The average Bonchev–Trinajstić information content (AvgIpc) is 2.18. The van der Waals surface area contributed by atoms with Crippen molar-refractivity contribution in [3.63, 3.8) is 0 Å². The van der Waals surface area contributed by atoms with Crippen LogP contribution in [-0.4, -0.2) is 8.76 Å². The van der Waals surface area contributed by atoms with Gasteiger partial charge in [-0.25, -0.2) is 4.21 Å². The van der Waals surface area contributed by atoms with E-state index in [-0.39, 0.29) is 0 Å². The first kappa shape index (κ1) is 11.4. The molecule has 1 aromatic carbocycles. The van der Waals surface area contributed by atoms with Gasteiger partial charge in [0.2, 0.25) is 0 Å². The van der Waals surface area contributed by atoms with Crippen molar-refractivity contribution in [1.82, 2.24) is 0 Å². The Morgan fingerprint density at radius 1 is 1.36 bits per heavy atom. The molecule has 0 heterocycles. The van der Waals surface area contributed by atoms with Gasteiger partial charge in [-0.3, -0.25) is 0 Å². The lowest BCUT2D eigenvalue weighted by Gasteiger charge is -2.07. The summed E-state index contributed by atoms with van der Waals surface area (Å²) in [6, 6.07) is 7.28. The lowest BCUT2D eigenvalue weighted by molar-refractivity contribution is 0.558. The molecule has 0 aromatic heterocycles. The van der Waals surface area contributed by atoms with E-state index in [0.29, 0.717) is 10.8 Å². The van der Waals surface area contributed by atoms with Gasteiger partial charge >= 0.3 is 0 Å². The molecule has 0 amide bonds. The molecule has 0 saturated heterocycles. The van der Waals surface area contributed by atoms with Crippen molar-refractivity contribution < 1.29 is 8.76 Å². The zero-order valence-corrected chi connectivity index (χ0v) is 9.38. The highest BCUT2D eigenvalue weighted by Gasteiger charge is 2.02. The molecule has 1 N–H and O–H groups in total. The van der Waals surface area contributed by atoms with Crippen molar-refractivity contribution in [2.45, 2.75) is 31.6 Å². The van der Waals surface area contributed by atoms with E-state index in [1.165, 1.54) is 5.56 Å². The van der Waals surface area contributed by atoms with Crippen LogP contribution in [0.2, 0.25) is 0 Å². The Morgan fingerprint density at radius 3 is 2.36 bits per heavy atom. The van der Waals surface area contributed by atoms with Crippen LogP contribution in [0.5, 0.6) is 0 Å². The van der Waals surface area contributed by atoms with Crippen LogP contribution in [0.25, 0.3) is 0 Å². The maximum absolute atomic E-state index is 10.7. The van der Waals surface area contributed by atoms with Crippen LogP contribution in [-0.2, 0) is 17.5 Å². The predicted octanol–water partition coefficient (Wildman–Crippen LogP) is 2.86. The van der Waals surface area contributed by atoms with Crippen molar-refractivity contribution in [1.29, 1.82) is 0 Å². The molecule has 0 aliphatic heterocycles. The van der Waals surface area contributed by atoms with Gasteiger partial charge in [0.05, 0.1) is 4.90 Å². The zero-order chi connectivity index (χ0) is 10.6. The standard InChI is InChI=1S/C11H16O2S/c1-3-9(2)8-10-4-6-11(7-5-10)14(12)13/h4-7,9H,3,8H2,1-2H3,(H,12,13). The van der Waals surface area contributed by atoms with E-state index in [0.717, 1.165) is 12.8 Å². The minimum Gasteiger partial charge on any atom is -0.302 e. The van der Waals surface area contributed by atoms with Crippen LogP contribution in [0, 0.1) is 5.92 Å². The molecule has 0 fully saturated rings. The van der Waals surface area contributed by atoms with Gasteiger partial charge < -0.3 is 4.55 Å². The number of rotatable bonds is 4. The maximum atomic E-state index is 10.7. The minimum atomic E-state index is -1.85. The zero-order valence-electron chi connectivity index (χ0n) is 8.56. The molecule has 0 spiro atoms. The van der Waals surface area contributed by atoms with Crippen LogP contribution in [0.4, 0.5) is 0 Å². The Kier molecular flexibility index (Phi) is 4.29. The first-order valence-corrected chi connectivity index (χ1v) is 5.94. The molecular formula is C11H16O2S. The topological polar surface area (TPSA) is 37.3 Å². The van der Waals surface area contributed by atoms with E-state index in [2.05, 4.69) is 13.8 Å². The van der Waals surface area contributed by atoms with E-state index in [1.807, 2.05) is 12.1 Å². The normalized spacial score (nSPS) is 15.1. The van der Waals surface area contributed by atoms with Crippen molar-refractivity contribution in [3.05, 3.63) is 29.8 Å². The maximum Gasteiger partial charge on any atom is 0.186 e. The van der Waals surface area contributed by atoms with Crippen molar-refractivity contribution in [3.8, 4) is 0 Å². The molecule has 0 bridgehead atoms. The van der Waals surface area contributed by atoms with Crippen molar-refractivity contribution in [2.24, 2.45) is 5.92 Å². The Balaban J connectivity index is 2.68. The molecule has 0 saturated carbocycles. The smallest absolute Gasteiger partial charge is 0.186 e. The van der Waals surface area contributed by atoms with Gasteiger partial charge in [-0.15, -0.1) is 0 Å². The summed E-state index contributed by atoms with van der Waals surface area (Å²) in [5, 5.41) is 0. The third-order valence-electron chi connectivity index (χ3n) is 2.41. The molecule has 1 rings (SSSR count). The summed E-state index contributed by atoms with van der Waals surface area (Å²) in [6.07, 6.45) is 2.20. The molecule has 1 aromatic rings. The van der Waals surface area contributed by atoms with E-state index in [9.17, 15) is 4.21 Å². The van der Waals surface area contributed by atoms with Gasteiger partial charge in [0.1, 0.15) is 0 Å². The first-order valence-electron chi connectivity index (χ1n) is 4.83. The van der Waals surface area contributed by atoms with Gasteiger partial charge in [-0.2, -0.15) is 0 Å². The highest BCUT2D eigenvalue weighted by molar-refractivity contribution is 7.79. The lowest BCUT2D eigenvalue weighted by atomic mass is 9.99. The molecule has 14 heavy (non-hydrogen) atoms. The third-order valence-corrected chi connectivity index (χ3v) is 3.08. The van der Waals surface area contributed by atoms with E-state index in [1.54, 1.807) is 12.1 Å². The van der Waals surface area contributed by atoms with Gasteiger partial charge in [-0.1, -0.05) is 32.4 Å². The molecule has 2 nitrogen and oxygen atoms in total. The van der Waals surface area contributed by atoms with Gasteiger partial charge in [0, 0.05) is 0 Å². The average molecular weight is 212 g/mol. The monoisotopic (exact) mass is 212 g/mol. The fraction of sp³-hybridized carbons (Fsp3) is 0.455. The molecule has 0 radical (unpaired) electrons. The Hall–Kier alpha value is -0.670. The molecule has 78 valence electrons. The summed E-state index contributed by atoms with van der Waals surface area (Å²) in [4.78, 5) is 0.470. The van der Waals surface area contributed by atoms with E-state index < -0.39 is 11.1 Å². The second-order valence-corrected chi connectivity index (χ2v) is 4.58. The summed E-state index contributed by atoms with van der Waals surface area (Å²) < 4.78 is 19.5. The van der Waals surface area contributed by atoms with Gasteiger partial charge in [0.25, 0.3) is 0 Å². The van der Waals surface area contributed by atoms with Crippen LogP contribution in [0.1, 0.15) is 25.8 Å². The van der Waals surface area contributed by atoms with Crippen molar-refractivity contribution in [2.75, 3.05) is 0 Å². The molecule has 0 aliphatic rings. The third kappa shape index (κ3) is 3.24. The summed E-state index contributed by atoms with van der Waals surface area (Å²) in [7, 11) is 0. The predicted molar refractivity (Wildman–Crippen MR) is 58.6 cm³/mol. The summed E-state index contributed by atoms with van der Waals surface area (Å²) in [5.41, 5.74) is 1.23. The second-order valence-electron chi connectivity index (χ2n) is 3.61. The number of benzene rings is 1. The minimum absolute atomic E-state index is 0.470. The van der Waals surface area contributed by atoms with Crippen LogP contribution in [0.15, 0.2) is 29.2 Å². The summed E-state index contributed by atoms with van der Waals surface area (Å²) >= 11 is -1.85. The van der Waals surface area contributed by atoms with Crippen molar-refractivity contribution >= 4 is 11.1 Å². The van der Waals surface area contributed by atoms with Crippen LogP contribution in [0.3, 0.4) is 0 Å². The molecule has 2 atom stereocenters.